The Morgan fingerprint density at radius 1 is 0.853 bits per heavy atom. The van der Waals surface area contributed by atoms with Crippen molar-refractivity contribution < 1.29 is 23.9 Å². The fourth-order valence-corrected chi connectivity index (χ4v) is 3.89. The van der Waals surface area contributed by atoms with E-state index in [4.69, 9.17) is 4.74 Å². The van der Waals surface area contributed by atoms with Gasteiger partial charge in [0.2, 0.25) is 0 Å². The highest BCUT2D eigenvalue weighted by Crippen LogP contribution is 2.24. The molecule has 34 heavy (non-hydrogen) atoms. The fraction of sp³-hybridized carbons (Fsp3) is 0.185. The zero-order valence-corrected chi connectivity index (χ0v) is 18.9. The van der Waals surface area contributed by atoms with Crippen LogP contribution < -0.4 is 0 Å². The van der Waals surface area contributed by atoms with Crippen molar-refractivity contribution in [3.05, 3.63) is 107 Å². The van der Waals surface area contributed by atoms with Crippen LogP contribution in [0.1, 0.15) is 49.1 Å². The van der Waals surface area contributed by atoms with Gasteiger partial charge in [-0.2, -0.15) is 0 Å². The number of esters is 1. The summed E-state index contributed by atoms with van der Waals surface area (Å²) in [5.41, 5.74) is 2.55. The van der Waals surface area contributed by atoms with Crippen molar-refractivity contribution in [3.63, 3.8) is 0 Å². The third kappa shape index (κ3) is 4.73. The van der Waals surface area contributed by atoms with Crippen molar-refractivity contribution in [2.45, 2.75) is 26.1 Å². The second-order valence-corrected chi connectivity index (χ2v) is 8.17. The van der Waals surface area contributed by atoms with Crippen molar-refractivity contribution >= 4 is 23.7 Å². The lowest BCUT2D eigenvalue weighted by atomic mass is 10.1. The first-order chi connectivity index (χ1) is 16.3. The van der Waals surface area contributed by atoms with Crippen LogP contribution in [0.5, 0.6) is 0 Å². The van der Waals surface area contributed by atoms with E-state index in [1.54, 1.807) is 55.6 Å². The Kier molecular flexibility index (Phi) is 6.54. The Hall–Kier alpha value is -4.26. The number of amides is 3. The van der Waals surface area contributed by atoms with E-state index in [0.717, 1.165) is 10.5 Å². The molecule has 7 heteroatoms. The number of benzene rings is 3. The lowest BCUT2D eigenvalue weighted by molar-refractivity contribution is -0.139. The lowest BCUT2D eigenvalue weighted by Crippen LogP contribution is -2.37. The summed E-state index contributed by atoms with van der Waals surface area (Å²) in [6.07, 6.45) is -0.971. The number of hydrogen-bond donors (Lipinski definition) is 0. The van der Waals surface area contributed by atoms with Gasteiger partial charge in [-0.05, 0) is 42.3 Å². The molecule has 0 bridgehead atoms. The van der Waals surface area contributed by atoms with Crippen molar-refractivity contribution in [2.75, 3.05) is 7.05 Å². The Bertz CT molecular complexity index is 1220. The van der Waals surface area contributed by atoms with Gasteiger partial charge in [0, 0.05) is 13.6 Å². The van der Waals surface area contributed by atoms with Crippen molar-refractivity contribution in [2.24, 2.45) is 0 Å². The van der Waals surface area contributed by atoms with Gasteiger partial charge in [0.05, 0.1) is 23.2 Å². The van der Waals surface area contributed by atoms with E-state index in [1.165, 1.54) is 11.8 Å². The number of carbonyl (C=O) groups is 4. The van der Waals surface area contributed by atoms with Crippen LogP contribution in [-0.2, 0) is 22.6 Å². The highest BCUT2D eigenvalue weighted by molar-refractivity contribution is 6.21. The first-order valence-corrected chi connectivity index (χ1v) is 10.9. The number of imide groups is 1. The second kappa shape index (κ2) is 9.70. The predicted octanol–water partition coefficient (Wildman–Crippen LogP) is 3.69. The second-order valence-electron chi connectivity index (χ2n) is 8.17. The van der Waals surface area contributed by atoms with Crippen LogP contribution >= 0.6 is 0 Å². The Labute approximate surface area is 197 Å². The summed E-state index contributed by atoms with van der Waals surface area (Å²) >= 11 is 0. The molecule has 0 saturated carbocycles. The molecule has 7 nitrogen and oxygen atoms in total. The molecule has 3 aromatic carbocycles. The third-order valence-corrected chi connectivity index (χ3v) is 5.65. The molecule has 0 radical (unpaired) electrons. The van der Waals surface area contributed by atoms with Crippen molar-refractivity contribution in [3.8, 4) is 0 Å². The van der Waals surface area contributed by atoms with Gasteiger partial charge >= 0.3 is 5.97 Å². The molecule has 3 amide bonds. The van der Waals surface area contributed by atoms with Crippen molar-refractivity contribution in [1.82, 2.24) is 9.80 Å². The van der Waals surface area contributed by atoms with E-state index in [0.29, 0.717) is 23.2 Å². The molecule has 172 valence electrons. The number of fused-ring (bicyclic) bond motifs is 1. The molecule has 1 atom stereocenters. The summed E-state index contributed by atoms with van der Waals surface area (Å²) in [6, 6.07) is 22.7. The van der Waals surface area contributed by atoms with Crippen LogP contribution in [0.4, 0.5) is 0 Å². The zero-order valence-electron chi connectivity index (χ0n) is 18.9. The number of rotatable bonds is 7. The molecule has 4 rings (SSSR count). The van der Waals surface area contributed by atoms with Gasteiger partial charge in [0.15, 0.2) is 6.10 Å². The maximum Gasteiger partial charge on any atom is 0.338 e. The minimum atomic E-state index is -0.971. The number of ether oxygens (including phenoxy) is 1. The van der Waals surface area contributed by atoms with Crippen LogP contribution in [0.2, 0.25) is 0 Å². The average molecular weight is 456 g/mol. The molecule has 1 aliphatic rings. The molecule has 1 aliphatic heterocycles. The quantitative estimate of drug-likeness (QED) is 0.400. The molecule has 0 aliphatic carbocycles. The number of likely N-dealkylation sites (N-methyl/N-ethyl adjacent to an activating group) is 1. The molecule has 0 aromatic heterocycles. The minimum absolute atomic E-state index is 0.0295. The van der Waals surface area contributed by atoms with E-state index in [1.807, 2.05) is 30.3 Å². The highest BCUT2D eigenvalue weighted by Gasteiger charge is 2.35. The number of hydrogen-bond acceptors (Lipinski definition) is 5. The molecular weight excluding hydrogens is 432 g/mol. The van der Waals surface area contributed by atoms with Crippen LogP contribution in [0.15, 0.2) is 78.9 Å². The van der Waals surface area contributed by atoms with Gasteiger partial charge in [-0.1, -0.05) is 54.6 Å². The molecule has 1 unspecified atom stereocenters. The van der Waals surface area contributed by atoms with E-state index in [9.17, 15) is 19.2 Å². The number of nitrogens with zero attached hydrogens (tertiary/aromatic N) is 2. The first kappa shape index (κ1) is 22.9. The summed E-state index contributed by atoms with van der Waals surface area (Å²) in [5, 5.41) is 0. The number of carbonyl (C=O) groups excluding carboxylic acids is 4. The van der Waals surface area contributed by atoms with Crippen LogP contribution in [0.3, 0.4) is 0 Å². The summed E-state index contributed by atoms with van der Waals surface area (Å²) in [4.78, 5) is 53.2. The maximum atomic E-state index is 12.7. The van der Waals surface area contributed by atoms with E-state index in [-0.39, 0.29) is 29.8 Å². The first-order valence-electron chi connectivity index (χ1n) is 10.9. The summed E-state index contributed by atoms with van der Waals surface area (Å²) in [6.45, 7) is 1.96. The van der Waals surface area contributed by atoms with E-state index in [2.05, 4.69) is 0 Å². The van der Waals surface area contributed by atoms with E-state index >= 15 is 0 Å². The molecule has 0 N–H and O–H groups in total. The van der Waals surface area contributed by atoms with Gasteiger partial charge in [0.25, 0.3) is 17.7 Å². The van der Waals surface area contributed by atoms with Gasteiger partial charge in [-0.25, -0.2) is 4.79 Å². The largest absolute Gasteiger partial charge is 0.449 e. The normalized spacial score (nSPS) is 13.4. The molecular formula is C27H24N2O5. The monoisotopic (exact) mass is 456 g/mol. The summed E-state index contributed by atoms with van der Waals surface area (Å²) < 4.78 is 5.40. The van der Waals surface area contributed by atoms with Crippen molar-refractivity contribution in [1.29, 1.82) is 0 Å². The van der Waals surface area contributed by atoms with Crippen LogP contribution in [0.25, 0.3) is 0 Å². The average Bonchev–Trinajstić information content (AvgIpc) is 3.09. The molecule has 0 fully saturated rings. The van der Waals surface area contributed by atoms with Gasteiger partial charge < -0.3 is 9.64 Å². The molecule has 0 spiro atoms. The van der Waals surface area contributed by atoms with Crippen LogP contribution in [-0.4, -0.2) is 46.6 Å². The van der Waals surface area contributed by atoms with Crippen LogP contribution in [0, 0.1) is 0 Å². The maximum absolute atomic E-state index is 12.7. The molecule has 3 aromatic rings. The van der Waals surface area contributed by atoms with Gasteiger partial charge in [-0.3, -0.25) is 19.3 Å². The smallest absolute Gasteiger partial charge is 0.338 e. The SMILES string of the molecule is CC(OC(=O)c1cccc(CN2C(=O)c3ccccc3C2=O)c1)C(=O)N(C)Cc1ccccc1. The highest BCUT2D eigenvalue weighted by atomic mass is 16.5. The summed E-state index contributed by atoms with van der Waals surface area (Å²) in [7, 11) is 1.66. The molecule has 1 heterocycles. The topological polar surface area (TPSA) is 84.0 Å². The lowest BCUT2D eigenvalue weighted by Gasteiger charge is -2.21. The fourth-order valence-electron chi connectivity index (χ4n) is 3.89. The predicted molar refractivity (Wildman–Crippen MR) is 125 cm³/mol. The minimum Gasteiger partial charge on any atom is -0.449 e. The Morgan fingerprint density at radius 2 is 1.44 bits per heavy atom. The van der Waals surface area contributed by atoms with Gasteiger partial charge in [0.1, 0.15) is 0 Å². The standard InChI is InChI=1S/C27H24N2O5/c1-18(24(30)28(2)16-19-9-4-3-5-10-19)34-27(33)21-12-8-11-20(15-21)17-29-25(31)22-13-6-7-14-23(22)26(29)32/h3-15,18H,16-17H2,1-2H3. The Balaban J connectivity index is 1.39. The van der Waals surface area contributed by atoms with E-state index < -0.39 is 12.1 Å². The molecule has 0 saturated heterocycles. The summed E-state index contributed by atoms with van der Waals surface area (Å²) in [5.74, 6) is -1.71. The third-order valence-electron chi connectivity index (χ3n) is 5.65. The van der Waals surface area contributed by atoms with Gasteiger partial charge in [-0.15, -0.1) is 0 Å². The zero-order chi connectivity index (χ0) is 24.2. The Morgan fingerprint density at radius 3 is 2.09 bits per heavy atom.